The van der Waals surface area contributed by atoms with E-state index in [2.05, 4.69) is 10.6 Å². The zero-order valence-electron chi connectivity index (χ0n) is 11.4. The number of ether oxygens (including phenoxy) is 1. The zero-order chi connectivity index (χ0) is 14.5. The van der Waals surface area contributed by atoms with E-state index in [1.54, 1.807) is 13.2 Å². The van der Waals surface area contributed by atoms with Crippen LogP contribution in [0.25, 0.3) is 0 Å². The van der Waals surface area contributed by atoms with Crippen molar-refractivity contribution in [2.24, 2.45) is 5.73 Å². The number of benzene rings is 1. The Morgan fingerprint density at radius 2 is 2.25 bits per heavy atom. The van der Waals surface area contributed by atoms with Gasteiger partial charge in [-0.15, -0.1) is 0 Å². The van der Waals surface area contributed by atoms with Crippen LogP contribution in [0.15, 0.2) is 18.2 Å². The minimum Gasteiger partial charge on any atom is -0.497 e. The summed E-state index contributed by atoms with van der Waals surface area (Å²) in [5, 5.41) is 6.13. The molecule has 0 aromatic heterocycles. The van der Waals surface area contributed by atoms with Crippen LogP contribution < -0.4 is 21.1 Å². The van der Waals surface area contributed by atoms with Gasteiger partial charge in [0.1, 0.15) is 10.7 Å². The lowest BCUT2D eigenvalue weighted by molar-refractivity contribution is -0.120. The van der Waals surface area contributed by atoms with E-state index in [4.69, 9.17) is 22.7 Å². The van der Waals surface area contributed by atoms with E-state index in [0.717, 1.165) is 29.8 Å². The van der Waals surface area contributed by atoms with Gasteiger partial charge in [0.2, 0.25) is 5.91 Å². The fourth-order valence-electron chi connectivity index (χ4n) is 1.85. The van der Waals surface area contributed by atoms with E-state index in [1.807, 2.05) is 12.1 Å². The molecule has 108 valence electrons. The topological polar surface area (TPSA) is 76.4 Å². The summed E-state index contributed by atoms with van der Waals surface area (Å²) in [7, 11) is 1.60. The van der Waals surface area contributed by atoms with Crippen LogP contribution in [0.2, 0.25) is 0 Å². The molecule has 1 aliphatic rings. The largest absolute Gasteiger partial charge is 0.497 e. The summed E-state index contributed by atoms with van der Waals surface area (Å²) >= 11 is 5.01. The molecule has 0 radical (unpaired) electrons. The SMILES string of the molecule is COc1ccc(C(N)=S)c(NCCC(=O)NC2CC2)c1. The summed E-state index contributed by atoms with van der Waals surface area (Å²) in [4.78, 5) is 11.9. The van der Waals surface area contributed by atoms with Gasteiger partial charge in [0, 0.05) is 36.3 Å². The van der Waals surface area contributed by atoms with Crippen molar-refractivity contribution >= 4 is 28.8 Å². The monoisotopic (exact) mass is 293 g/mol. The molecule has 1 fully saturated rings. The minimum atomic E-state index is 0.0692. The quantitative estimate of drug-likeness (QED) is 0.663. The predicted molar refractivity (Wildman–Crippen MR) is 83.2 cm³/mol. The molecule has 1 amide bonds. The third-order valence-corrected chi connectivity index (χ3v) is 3.32. The summed E-state index contributed by atoms with van der Waals surface area (Å²) < 4.78 is 5.17. The molecule has 1 aromatic rings. The number of nitrogens with two attached hydrogens (primary N) is 1. The van der Waals surface area contributed by atoms with Crippen LogP contribution in [0.4, 0.5) is 5.69 Å². The van der Waals surface area contributed by atoms with Gasteiger partial charge in [-0.05, 0) is 25.0 Å². The maximum absolute atomic E-state index is 11.6. The average molecular weight is 293 g/mol. The number of carbonyl (C=O) groups is 1. The number of rotatable bonds is 7. The Balaban J connectivity index is 1.92. The standard InChI is InChI=1S/C14H19N3O2S/c1-19-10-4-5-11(14(15)20)12(8-10)16-7-6-13(18)17-9-2-3-9/h4-5,8-9,16H,2-3,6-7H2,1H3,(H2,15,20)(H,17,18). The molecule has 2 rings (SSSR count). The first-order valence-corrected chi connectivity index (χ1v) is 7.02. The molecule has 0 spiro atoms. The number of amides is 1. The van der Waals surface area contributed by atoms with Crippen LogP contribution >= 0.6 is 12.2 Å². The molecule has 6 heteroatoms. The number of hydrogen-bond donors (Lipinski definition) is 3. The van der Waals surface area contributed by atoms with Gasteiger partial charge in [-0.1, -0.05) is 12.2 Å². The van der Waals surface area contributed by atoms with Crippen molar-refractivity contribution in [1.82, 2.24) is 5.32 Å². The molecular formula is C14H19N3O2S. The van der Waals surface area contributed by atoms with E-state index in [-0.39, 0.29) is 5.91 Å². The molecule has 20 heavy (non-hydrogen) atoms. The molecule has 0 heterocycles. The third-order valence-electron chi connectivity index (χ3n) is 3.10. The molecule has 1 saturated carbocycles. The van der Waals surface area contributed by atoms with Crippen molar-refractivity contribution in [3.8, 4) is 5.75 Å². The van der Waals surface area contributed by atoms with Gasteiger partial charge in [0.05, 0.1) is 7.11 Å². The lowest BCUT2D eigenvalue weighted by atomic mass is 10.1. The summed E-state index contributed by atoms with van der Waals surface area (Å²) in [5.41, 5.74) is 7.22. The normalized spacial score (nSPS) is 13.7. The molecule has 0 unspecified atom stereocenters. The van der Waals surface area contributed by atoms with Gasteiger partial charge in [0.25, 0.3) is 0 Å². The first kappa shape index (κ1) is 14.6. The molecular weight excluding hydrogens is 274 g/mol. The van der Waals surface area contributed by atoms with Crippen molar-refractivity contribution in [3.05, 3.63) is 23.8 Å². The lowest BCUT2D eigenvalue weighted by Crippen LogP contribution is -2.27. The van der Waals surface area contributed by atoms with Crippen LogP contribution in [-0.2, 0) is 4.79 Å². The van der Waals surface area contributed by atoms with Crippen LogP contribution in [0, 0.1) is 0 Å². The van der Waals surface area contributed by atoms with Crippen molar-refractivity contribution in [1.29, 1.82) is 0 Å². The minimum absolute atomic E-state index is 0.0692. The number of nitrogens with one attached hydrogen (secondary N) is 2. The van der Waals surface area contributed by atoms with Crippen molar-refractivity contribution < 1.29 is 9.53 Å². The predicted octanol–water partition coefficient (Wildman–Crippen LogP) is 1.41. The Morgan fingerprint density at radius 3 is 2.85 bits per heavy atom. The highest BCUT2D eigenvalue weighted by Gasteiger charge is 2.22. The molecule has 0 atom stereocenters. The molecule has 1 aliphatic carbocycles. The Hall–Kier alpha value is -1.82. The third kappa shape index (κ3) is 4.09. The Labute approximate surface area is 123 Å². The zero-order valence-corrected chi connectivity index (χ0v) is 12.3. The van der Waals surface area contributed by atoms with Crippen LogP contribution in [-0.4, -0.2) is 30.6 Å². The smallest absolute Gasteiger partial charge is 0.221 e. The lowest BCUT2D eigenvalue weighted by Gasteiger charge is -2.12. The van der Waals surface area contributed by atoms with Crippen molar-refractivity contribution in [2.75, 3.05) is 19.0 Å². The van der Waals surface area contributed by atoms with Crippen LogP contribution in [0.5, 0.6) is 5.75 Å². The Bertz CT molecular complexity index is 515. The Kier molecular flexibility index (Phi) is 4.79. The van der Waals surface area contributed by atoms with Crippen molar-refractivity contribution in [2.45, 2.75) is 25.3 Å². The molecule has 0 bridgehead atoms. The molecule has 0 aliphatic heterocycles. The van der Waals surface area contributed by atoms with E-state index in [0.29, 0.717) is 24.0 Å². The summed E-state index contributed by atoms with van der Waals surface area (Å²) in [6.45, 7) is 0.529. The maximum atomic E-state index is 11.6. The van der Waals surface area contributed by atoms with Gasteiger partial charge in [0.15, 0.2) is 0 Å². The van der Waals surface area contributed by atoms with Crippen molar-refractivity contribution in [3.63, 3.8) is 0 Å². The van der Waals surface area contributed by atoms with E-state index in [9.17, 15) is 4.79 Å². The number of carbonyl (C=O) groups excluding carboxylic acids is 1. The summed E-state index contributed by atoms with van der Waals surface area (Å²) in [6, 6.07) is 5.84. The number of anilines is 1. The summed E-state index contributed by atoms with van der Waals surface area (Å²) in [5.74, 6) is 0.787. The van der Waals surface area contributed by atoms with Gasteiger partial charge < -0.3 is 21.1 Å². The fourth-order valence-corrected chi connectivity index (χ4v) is 2.03. The highest BCUT2D eigenvalue weighted by atomic mass is 32.1. The highest BCUT2D eigenvalue weighted by molar-refractivity contribution is 7.80. The number of methoxy groups -OCH3 is 1. The van der Waals surface area contributed by atoms with Crippen LogP contribution in [0.1, 0.15) is 24.8 Å². The second-order valence-electron chi connectivity index (χ2n) is 4.79. The van der Waals surface area contributed by atoms with Gasteiger partial charge in [-0.3, -0.25) is 4.79 Å². The second-order valence-corrected chi connectivity index (χ2v) is 5.23. The Morgan fingerprint density at radius 1 is 1.50 bits per heavy atom. The van der Waals surface area contributed by atoms with Gasteiger partial charge in [-0.25, -0.2) is 0 Å². The number of hydrogen-bond acceptors (Lipinski definition) is 4. The molecule has 0 saturated heterocycles. The first-order valence-electron chi connectivity index (χ1n) is 6.61. The van der Waals surface area contributed by atoms with Gasteiger partial charge in [-0.2, -0.15) is 0 Å². The maximum Gasteiger partial charge on any atom is 0.221 e. The van der Waals surface area contributed by atoms with E-state index >= 15 is 0 Å². The molecule has 5 nitrogen and oxygen atoms in total. The average Bonchev–Trinajstić information content (AvgIpc) is 3.22. The van der Waals surface area contributed by atoms with Crippen LogP contribution in [0.3, 0.4) is 0 Å². The first-order chi connectivity index (χ1) is 9.60. The van der Waals surface area contributed by atoms with E-state index < -0.39 is 0 Å². The fraction of sp³-hybridized carbons (Fsp3) is 0.429. The van der Waals surface area contributed by atoms with E-state index in [1.165, 1.54) is 0 Å². The van der Waals surface area contributed by atoms with Gasteiger partial charge >= 0.3 is 0 Å². The highest BCUT2D eigenvalue weighted by Crippen LogP contribution is 2.22. The second kappa shape index (κ2) is 6.56. The molecule has 1 aromatic carbocycles. The summed E-state index contributed by atoms with van der Waals surface area (Å²) in [6.07, 6.45) is 2.62. The molecule has 4 N–H and O–H groups in total. The number of thiocarbonyl (C=S) groups is 1.